The quantitative estimate of drug-likeness (QED) is 0.636. The largest absolute Gasteiger partial charge is 0.361 e. The van der Waals surface area contributed by atoms with Gasteiger partial charge in [0.05, 0.1) is 12.2 Å². The Hall–Kier alpha value is -2.97. The summed E-state index contributed by atoms with van der Waals surface area (Å²) in [5, 5.41) is 7.53. The van der Waals surface area contributed by atoms with Crippen molar-refractivity contribution in [2.24, 2.45) is 0 Å². The topological polar surface area (TPSA) is 88.3 Å². The van der Waals surface area contributed by atoms with E-state index >= 15 is 0 Å². The smallest absolute Gasteiger partial charge is 0.279 e. The fourth-order valence-electron chi connectivity index (χ4n) is 2.95. The van der Waals surface area contributed by atoms with E-state index in [0.29, 0.717) is 35.4 Å². The minimum absolute atomic E-state index is 0.0902. The van der Waals surface area contributed by atoms with Crippen LogP contribution in [0.25, 0.3) is 6.08 Å². The number of carbonyl (C=O) groups is 2. The number of benzene rings is 1. The highest BCUT2D eigenvalue weighted by Gasteiger charge is 2.24. The zero-order chi connectivity index (χ0) is 20.4. The van der Waals surface area contributed by atoms with Gasteiger partial charge in [0.25, 0.3) is 5.91 Å². The van der Waals surface area contributed by atoms with Crippen LogP contribution in [-0.4, -0.2) is 33.4 Å². The second kappa shape index (κ2) is 8.18. The molecule has 0 unspecified atom stereocenters. The molecule has 1 N–H and O–H groups in total. The maximum Gasteiger partial charge on any atom is 0.279 e. The van der Waals surface area contributed by atoms with Crippen LogP contribution in [0.2, 0.25) is 5.02 Å². The maximum absolute atomic E-state index is 12.6. The number of thiazole rings is 1. The monoisotopic (exact) mass is 428 g/mol. The molecule has 0 fully saturated rings. The molecule has 3 aromatic rings. The third kappa shape index (κ3) is 4.38. The lowest BCUT2D eigenvalue weighted by atomic mass is 10.1. The zero-order valence-corrected chi connectivity index (χ0v) is 17.1. The summed E-state index contributed by atoms with van der Waals surface area (Å²) in [6, 6.07) is 8.92. The molecule has 0 aliphatic carbocycles. The van der Waals surface area contributed by atoms with Crippen molar-refractivity contribution in [2.75, 3.05) is 11.9 Å². The predicted octanol–water partition coefficient (Wildman–Crippen LogP) is 3.94. The molecule has 1 aliphatic rings. The molecular weight excluding hydrogens is 412 g/mol. The number of hydrogen-bond donors (Lipinski definition) is 1. The van der Waals surface area contributed by atoms with Gasteiger partial charge >= 0.3 is 0 Å². The number of nitrogens with zero attached hydrogens (tertiary/aromatic N) is 3. The van der Waals surface area contributed by atoms with Crippen LogP contribution in [0.4, 0.5) is 5.13 Å². The van der Waals surface area contributed by atoms with Crippen molar-refractivity contribution in [3.05, 3.63) is 69.0 Å². The SMILES string of the molecule is Cc1cc(C(=O)Nc2nc3c(s2)CN(C(=O)C=Cc2ccccc2Cl)CC3)no1. The van der Waals surface area contributed by atoms with Gasteiger partial charge in [-0.05, 0) is 24.6 Å². The number of halogens is 1. The Balaban J connectivity index is 1.41. The second-order valence-electron chi connectivity index (χ2n) is 6.53. The summed E-state index contributed by atoms with van der Waals surface area (Å²) in [6.07, 6.45) is 3.89. The number of hydrogen-bond acceptors (Lipinski definition) is 6. The van der Waals surface area contributed by atoms with E-state index in [1.807, 2.05) is 18.2 Å². The van der Waals surface area contributed by atoms with Crippen molar-refractivity contribution in [3.63, 3.8) is 0 Å². The van der Waals surface area contributed by atoms with Gasteiger partial charge in [-0.2, -0.15) is 0 Å². The number of anilines is 1. The molecule has 0 spiro atoms. The van der Waals surface area contributed by atoms with E-state index in [1.165, 1.54) is 17.4 Å². The van der Waals surface area contributed by atoms with E-state index in [4.69, 9.17) is 16.1 Å². The van der Waals surface area contributed by atoms with E-state index in [9.17, 15) is 9.59 Å². The first-order chi connectivity index (χ1) is 14.0. The van der Waals surface area contributed by atoms with Gasteiger partial charge in [-0.15, -0.1) is 0 Å². The highest BCUT2D eigenvalue weighted by Crippen LogP contribution is 2.29. The molecule has 0 saturated heterocycles. The highest BCUT2D eigenvalue weighted by molar-refractivity contribution is 7.15. The van der Waals surface area contributed by atoms with Gasteiger partial charge < -0.3 is 9.42 Å². The normalized spacial score (nSPS) is 13.5. The van der Waals surface area contributed by atoms with Crippen LogP contribution in [-0.2, 0) is 17.8 Å². The molecule has 7 nitrogen and oxygen atoms in total. The Morgan fingerprint density at radius 3 is 2.93 bits per heavy atom. The van der Waals surface area contributed by atoms with Gasteiger partial charge in [-0.3, -0.25) is 14.9 Å². The van der Waals surface area contributed by atoms with E-state index < -0.39 is 0 Å². The molecule has 0 radical (unpaired) electrons. The van der Waals surface area contributed by atoms with Crippen LogP contribution in [0.1, 0.15) is 32.4 Å². The van der Waals surface area contributed by atoms with Gasteiger partial charge in [-0.25, -0.2) is 4.98 Å². The lowest BCUT2D eigenvalue weighted by Gasteiger charge is -2.24. The summed E-state index contributed by atoms with van der Waals surface area (Å²) in [5.74, 6) is 0.101. The first-order valence-corrected chi connectivity index (χ1v) is 10.1. The molecule has 2 aromatic heterocycles. The highest BCUT2D eigenvalue weighted by atomic mass is 35.5. The molecule has 9 heteroatoms. The number of nitrogens with one attached hydrogen (secondary N) is 1. The summed E-state index contributed by atoms with van der Waals surface area (Å²) in [5.41, 5.74) is 1.91. The number of aromatic nitrogens is 2. The van der Waals surface area contributed by atoms with Crippen molar-refractivity contribution < 1.29 is 14.1 Å². The third-order valence-corrected chi connectivity index (χ3v) is 5.78. The predicted molar refractivity (Wildman–Crippen MR) is 111 cm³/mol. The first kappa shape index (κ1) is 19.4. The van der Waals surface area contributed by atoms with Gasteiger partial charge in [-0.1, -0.05) is 46.3 Å². The number of carbonyl (C=O) groups excluding carboxylic acids is 2. The van der Waals surface area contributed by atoms with Gasteiger partial charge in [0, 0.05) is 35.0 Å². The van der Waals surface area contributed by atoms with E-state index in [2.05, 4.69) is 15.5 Å². The Bertz CT molecular complexity index is 1100. The maximum atomic E-state index is 12.6. The summed E-state index contributed by atoms with van der Waals surface area (Å²) in [6.45, 7) is 2.74. The molecule has 4 rings (SSSR count). The molecule has 0 atom stereocenters. The zero-order valence-electron chi connectivity index (χ0n) is 15.5. The van der Waals surface area contributed by atoms with E-state index in [-0.39, 0.29) is 17.5 Å². The molecule has 1 aromatic carbocycles. The van der Waals surface area contributed by atoms with Crippen LogP contribution >= 0.6 is 22.9 Å². The van der Waals surface area contributed by atoms with Crippen LogP contribution in [0, 0.1) is 6.92 Å². The third-order valence-electron chi connectivity index (χ3n) is 4.43. The number of aryl methyl sites for hydroxylation is 1. The molecule has 1 aliphatic heterocycles. The summed E-state index contributed by atoms with van der Waals surface area (Å²) >= 11 is 7.49. The molecule has 148 valence electrons. The van der Waals surface area contributed by atoms with Crippen molar-refractivity contribution in [2.45, 2.75) is 19.9 Å². The fourth-order valence-corrected chi connectivity index (χ4v) is 4.17. The first-order valence-electron chi connectivity index (χ1n) is 8.94. The summed E-state index contributed by atoms with van der Waals surface area (Å²) in [7, 11) is 0. The van der Waals surface area contributed by atoms with Crippen LogP contribution < -0.4 is 5.32 Å². The van der Waals surface area contributed by atoms with Crippen LogP contribution in [0.3, 0.4) is 0 Å². The minimum atomic E-state index is -0.372. The molecule has 2 amide bonds. The van der Waals surface area contributed by atoms with Crippen molar-refractivity contribution >= 4 is 46.0 Å². The number of rotatable bonds is 4. The average Bonchev–Trinajstić information content (AvgIpc) is 3.32. The number of fused-ring (bicyclic) bond motifs is 1. The Morgan fingerprint density at radius 1 is 1.34 bits per heavy atom. The Kier molecular flexibility index (Phi) is 5.46. The average molecular weight is 429 g/mol. The van der Waals surface area contributed by atoms with Crippen molar-refractivity contribution in [1.82, 2.24) is 15.0 Å². The second-order valence-corrected chi connectivity index (χ2v) is 8.02. The minimum Gasteiger partial charge on any atom is -0.361 e. The molecule has 0 saturated carbocycles. The standard InChI is InChI=1S/C20H17ClN4O3S/c1-12-10-16(24-28-12)19(27)23-20-22-15-8-9-25(11-17(15)29-20)18(26)7-6-13-4-2-3-5-14(13)21/h2-7,10H,8-9,11H2,1H3,(H,22,23,27). The fraction of sp³-hybridized carbons (Fsp3) is 0.200. The molecular formula is C20H17ClN4O3S. The van der Waals surface area contributed by atoms with Crippen molar-refractivity contribution in [1.29, 1.82) is 0 Å². The van der Waals surface area contributed by atoms with Gasteiger partial charge in [0.15, 0.2) is 10.8 Å². The lowest BCUT2D eigenvalue weighted by molar-refractivity contribution is -0.126. The lowest BCUT2D eigenvalue weighted by Crippen LogP contribution is -2.34. The summed E-state index contributed by atoms with van der Waals surface area (Å²) in [4.78, 5) is 32.0. The number of amides is 2. The van der Waals surface area contributed by atoms with Crippen LogP contribution in [0.15, 0.2) is 40.9 Å². The molecule has 0 bridgehead atoms. The van der Waals surface area contributed by atoms with E-state index in [1.54, 1.807) is 30.0 Å². The van der Waals surface area contributed by atoms with Crippen LogP contribution in [0.5, 0.6) is 0 Å². The summed E-state index contributed by atoms with van der Waals surface area (Å²) < 4.78 is 4.92. The Labute approximate surface area is 176 Å². The van der Waals surface area contributed by atoms with Gasteiger partial charge in [0.1, 0.15) is 5.76 Å². The Morgan fingerprint density at radius 2 is 2.17 bits per heavy atom. The van der Waals surface area contributed by atoms with E-state index in [0.717, 1.165) is 16.1 Å². The van der Waals surface area contributed by atoms with Gasteiger partial charge in [0.2, 0.25) is 5.91 Å². The van der Waals surface area contributed by atoms with Crippen molar-refractivity contribution in [3.8, 4) is 0 Å². The molecule has 3 heterocycles. The molecule has 29 heavy (non-hydrogen) atoms.